The summed E-state index contributed by atoms with van der Waals surface area (Å²) in [5.41, 5.74) is 0. The molecule has 0 aliphatic carbocycles. The van der Waals surface area contributed by atoms with E-state index < -0.39 is 0 Å². The lowest BCUT2D eigenvalue weighted by Gasteiger charge is -2.13. The number of unbranched alkanes of at least 4 members (excludes halogenated alkanes) is 5. The van der Waals surface area contributed by atoms with E-state index in [0.29, 0.717) is 119 Å². The molecule has 0 unspecified atom stereocenters. The number of hydrogen-bond donors (Lipinski definition) is 0. The van der Waals surface area contributed by atoms with Gasteiger partial charge in [-0.3, -0.25) is 14.5 Å². The molecule has 0 atom stereocenters. The fourth-order valence-corrected chi connectivity index (χ4v) is 3.87. The third-order valence-electron chi connectivity index (χ3n) is 6.35. The van der Waals surface area contributed by atoms with Crippen molar-refractivity contribution in [1.82, 2.24) is 4.90 Å². The Balaban J connectivity index is 1.62. The van der Waals surface area contributed by atoms with Crippen LogP contribution in [-0.4, -0.2) is 155 Å². The number of carbonyl (C=O) groups excluding carboxylic acids is 2. The minimum atomic E-state index is -0.303. The van der Waals surface area contributed by atoms with Gasteiger partial charge in [-0.2, -0.15) is 0 Å². The molecule has 1 aliphatic heterocycles. The molecule has 13 heteroatoms. The van der Waals surface area contributed by atoms with Crippen LogP contribution in [0.2, 0.25) is 0 Å². The molecule has 0 radical (unpaired) electrons. The summed E-state index contributed by atoms with van der Waals surface area (Å²) in [6.07, 6.45) is 10.2. The van der Waals surface area contributed by atoms with Crippen LogP contribution in [0.4, 0.5) is 0 Å². The van der Waals surface area contributed by atoms with Crippen LogP contribution >= 0.6 is 0 Å². The van der Waals surface area contributed by atoms with Crippen LogP contribution in [0.5, 0.6) is 0 Å². The Morgan fingerprint density at radius 3 is 0.978 bits per heavy atom. The number of amides is 2. The molecule has 0 N–H and O–H groups in total. The van der Waals surface area contributed by atoms with Gasteiger partial charge in [-0.1, -0.05) is 39.0 Å². The first-order valence-electron chi connectivity index (χ1n) is 16.6. The molecule has 13 nitrogen and oxygen atoms in total. The molecular formula is C32H59NO12. The van der Waals surface area contributed by atoms with Gasteiger partial charge in [0, 0.05) is 18.8 Å². The molecule has 1 aliphatic rings. The van der Waals surface area contributed by atoms with Gasteiger partial charge >= 0.3 is 0 Å². The third kappa shape index (κ3) is 28.4. The van der Waals surface area contributed by atoms with Crippen LogP contribution in [0.25, 0.3) is 0 Å². The van der Waals surface area contributed by atoms with Gasteiger partial charge < -0.3 is 47.4 Å². The zero-order valence-corrected chi connectivity index (χ0v) is 27.6. The molecule has 2 amide bonds. The highest BCUT2D eigenvalue weighted by molar-refractivity contribution is 6.12. The van der Waals surface area contributed by atoms with E-state index in [1.54, 1.807) is 0 Å². The molecule has 0 aromatic carbocycles. The van der Waals surface area contributed by atoms with E-state index in [-0.39, 0.29) is 25.0 Å². The topological polar surface area (TPSA) is 130 Å². The van der Waals surface area contributed by atoms with Crippen LogP contribution in [-0.2, 0) is 57.0 Å². The molecule has 0 saturated heterocycles. The summed E-state index contributed by atoms with van der Waals surface area (Å²) in [7, 11) is 0. The Bertz CT molecular complexity index is 679. The molecule has 1 heterocycles. The Morgan fingerprint density at radius 2 is 0.644 bits per heavy atom. The van der Waals surface area contributed by atoms with Gasteiger partial charge in [-0.15, -0.1) is 0 Å². The van der Waals surface area contributed by atoms with Crippen LogP contribution in [0.3, 0.4) is 0 Å². The van der Waals surface area contributed by atoms with Crippen LogP contribution in [0.1, 0.15) is 45.4 Å². The summed E-state index contributed by atoms with van der Waals surface area (Å²) in [6, 6.07) is 0. The van der Waals surface area contributed by atoms with E-state index in [9.17, 15) is 9.59 Å². The second-order valence-electron chi connectivity index (χ2n) is 10.1. The monoisotopic (exact) mass is 649 g/mol. The van der Waals surface area contributed by atoms with Crippen molar-refractivity contribution in [3.8, 4) is 0 Å². The molecule has 45 heavy (non-hydrogen) atoms. The number of imide groups is 1. The van der Waals surface area contributed by atoms with Crippen molar-refractivity contribution in [2.45, 2.75) is 45.4 Å². The van der Waals surface area contributed by atoms with E-state index in [1.807, 2.05) is 0 Å². The molecule has 0 aromatic heterocycles. The van der Waals surface area contributed by atoms with Gasteiger partial charge in [0.1, 0.15) is 0 Å². The Morgan fingerprint density at radius 1 is 0.378 bits per heavy atom. The van der Waals surface area contributed by atoms with E-state index in [0.717, 1.165) is 17.9 Å². The maximum atomic E-state index is 11.4. The normalized spacial score (nSPS) is 13.1. The molecule has 0 aromatic rings. The number of rotatable bonds is 37. The Hall–Kier alpha value is -1.52. The fraction of sp³-hybridized carbons (Fsp3) is 0.875. The second kappa shape index (κ2) is 33.8. The minimum Gasteiger partial charge on any atom is -0.379 e. The average molecular weight is 650 g/mol. The van der Waals surface area contributed by atoms with Crippen molar-refractivity contribution in [2.24, 2.45) is 0 Å². The van der Waals surface area contributed by atoms with Crippen molar-refractivity contribution in [3.05, 3.63) is 12.2 Å². The maximum Gasteiger partial charge on any atom is 0.253 e. The first-order valence-corrected chi connectivity index (χ1v) is 16.6. The number of nitrogens with zero attached hydrogens (tertiary/aromatic N) is 1. The van der Waals surface area contributed by atoms with Crippen molar-refractivity contribution in [1.29, 1.82) is 0 Å². The average Bonchev–Trinajstić information content (AvgIpc) is 3.37. The Kier molecular flexibility index (Phi) is 31.2. The van der Waals surface area contributed by atoms with Crippen molar-refractivity contribution >= 4 is 11.8 Å². The number of carbonyl (C=O) groups is 2. The summed E-state index contributed by atoms with van der Waals surface area (Å²) >= 11 is 0. The number of hydrogen-bond acceptors (Lipinski definition) is 12. The predicted octanol–water partition coefficient (Wildman–Crippen LogP) is 2.44. The van der Waals surface area contributed by atoms with Gasteiger partial charge in [0.25, 0.3) is 11.8 Å². The van der Waals surface area contributed by atoms with Crippen LogP contribution < -0.4 is 0 Å². The smallest absolute Gasteiger partial charge is 0.253 e. The molecular weight excluding hydrogens is 590 g/mol. The largest absolute Gasteiger partial charge is 0.379 e. The first-order chi connectivity index (χ1) is 22.3. The summed E-state index contributed by atoms with van der Waals surface area (Å²) in [6.45, 7) is 12.7. The lowest BCUT2D eigenvalue weighted by Crippen LogP contribution is -2.33. The molecule has 0 bridgehead atoms. The molecule has 1 rings (SSSR count). The van der Waals surface area contributed by atoms with E-state index in [1.165, 1.54) is 44.3 Å². The van der Waals surface area contributed by atoms with Crippen LogP contribution in [0, 0.1) is 0 Å². The highest BCUT2D eigenvalue weighted by Gasteiger charge is 2.22. The van der Waals surface area contributed by atoms with Gasteiger partial charge in [0.05, 0.1) is 132 Å². The molecule has 0 spiro atoms. The minimum absolute atomic E-state index is 0.243. The molecule has 0 fully saturated rings. The van der Waals surface area contributed by atoms with Gasteiger partial charge in [0.15, 0.2) is 0 Å². The quantitative estimate of drug-likeness (QED) is 0.0724. The van der Waals surface area contributed by atoms with Gasteiger partial charge in [-0.25, -0.2) is 0 Å². The van der Waals surface area contributed by atoms with E-state index in [2.05, 4.69) is 6.92 Å². The predicted molar refractivity (Wildman–Crippen MR) is 167 cm³/mol. The zero-order valence-electron chi connectivity index (χ0n) is 27.6. The van der Waals surface area contributed by atoms with E-state index in [4.69, 9.17) is 47.4 Å². The first kappa shape index (κ1) is 41.5. The fourth-order valence-electron chi connectivity index (χ4n) is 3.87. The van der Waals surface area contributed by atoms with Crippen molar-refractivity contribution < 1.29 is 57.0 Å². The summed E-state index contributed by atoms with van der Waals surface area (Å²) < 4.78 is 54.7. The number of ether oxygens (including phenoxy) is 10. The zero-order chi connectivity index (χ0) is 32.3. The highest BCUT2D eigenvalue weighted by atomic mass is 16.6. The summed E-state index contributed by atoms with van der Waals surface area (Å²) in [4.78, 5) is 23.9. The summed E-state index contributed by atoms with van der Waals surface area (Å²) in [5, 5.41) is 0. The second-order valence-corrected chi connectivity index (χ2v) is 10.1. The molecule has 264 valence electrons. The van der Waals surface area contributed by atoms with Crippen molar-refractivity contribution in [2.75, 3.05) is 139 Å². The third-order valence-corrected chi connectivity index (χ3v) is 6.35. The highest BCUT2D eigenvalue weighted by Crippen LogP contribution is 2.05. The lowest BCUT2D eigenvalue weighted by molar-refractivity contribution is -0.137. The SMILES string of the molecule is CCCCCCCCOCCOCCOCCOCCOCCOCCOCCOCCOCCOCCN1C(=O)C=CC1=O. The Labute approximate surface area is 270 Å². The van der Waals surface area contributed by atoms with Crippen LogP contribution in [0.15, 0.2) is 12.2 Å². The lowest BCUT2D eigenvalue weighted by atomic mass is 10.1. The summed E-state index contributed by atoms with van der Waals surface area (Å²) in [5.74, 6) is -0.607. The van der Waals surface area contributed by atoms with Gasteiger partial charge in [0.2, 0.25) is 0 Å². The standard InChI is InChI=1S/C32H59NO12/c1-2-3-4-5-6-7-11-36-13-15-38-17-19-40-21-23-42-25-27-44-29-30-45-28-26-43-24-22-41-20-18-39-16-14-37-12-10-33-31(34)8-9-32(33)35/h8-9H,2-7,10-30H2,1H3. The van der Waals surface area contributed by atoms with Crippen molar-refractivity contribution in [3.63, 3.8) is 0 Å². The van der Waals surface area contributed by atoms with E-state index >= 15 is 0 Å². The van der Waals surface area contributed by atoms with Gasteiger partial charge in [-0.05, 0) is 6.42 Å². The molecule has 0 saturated carbocycles. The maximum absolute atomic E-state index is 11.4.